The Bertz CT molecular complexity index is 874. The first-order chi connectivity index (χ1) is 11.8. The number of carbonyl (C=O) groups excluding carboxylic acids is 1. The van der Waals surface area contributed by atoms with Gasteiger partial charge in [0.2, 0.25) is 15.9 Å². The minimum Gasteiger partial charge on any atom is -0.326 e. The van der Waals surface area contributed by atoms with Gasteiger partial charge in [0, 0.05) is 24.2 Å². The molecule has 1 aliphatic rings. The van der Waals surface area contributed by atoms with Crippen molar-refractivity contribution in [3.05, 3.63) is 59.7 Å². The van der Waals surface area contributed by atoms with Crippen LogP contribution >= 0.6 is 0 Å². The Hall–Kier alpha value is -2.32. The molecule has 2 aromatic carbocycles. The molecule has 0 bridgehead atoms. The summed E-state index contributed by atoms with van der Waals surface area (Å²) in [6.07, 6.45) is 1.82. The molecule has 2 aromatic rings. The van der Waals surface area contributed by atoms with Crippen LogP contribution in [0, 0.1) is 17.6 Å². The monoisotopic (exact) mass is 366 g/mol. The largest absolute Gasteiger partial charge is 0.326 e. The maximum absolute atomic E-state index is 13.2. The molecule has 0 saturated heterocycles. The van der Waals surface area contributed by atoms with Gasteiger partial charge in [-0.15, -0.1) is 0 Å². The van der Waals surface area contributed by atoms with Crippen LogP contribution in [0.25, 0.3) is 0 Å². The number of hydrogen-bond acceptors (Lipinski definition) is 3. The van der Waals surface area contributed by atoms with Crippen molar-refractivity contribution in [2.45, 2.75) is 24.3 Å². The minimum absolute atomic E-state index is 0.0124. The van der Waals surface area contributed by atoms with Gasteiger partial charge in [-0.1, -0.05) is 12.1 Å². The molecule has 1 fully saturated rings. The SMILES string of the molecule is O=C(Nc1ccc(CNS(=O)(=O)c2cc(F)cc(F)c2)cc1)C1CC1. The zero-order valence-corrected chi connectivity index (χ0v) is 13.9. The highest BCUT2D eigenvalue weighted by Crippen LogP contribution is 2.30. The quantitative estimate of drug-likeness (QED) is 0.826. The molecule has 3 rings (SSSR count). The number of benzene rings is 2. The predicted molar refractivity (Wildman–Crippen MR) is 88.2 cm³/mol. The molecule has 0 aliphatic heterocycles. The third kappa shape index (κ3) is 4.61. The molecule has 0 aromatic heterocycles. The molecule has 0 unspecified atom stereocenters. The molecule has 1 saturated carbocycles. The summed E-state index contributed by atoms with van der Waals surface area (Å²) >= 11 is 0. The summed E-state index contributed by atoms with van der Waals surface area (Å²) in [6, 6.07) is 8.78. The van der Waals surface area contributed by atoms with Crippen LogP contribution in [0.2, 0.25) is 0 Å². The van der Waals surface area contributed by atoms with Gasteiger partial charge in [-0.25, -0.2) is 21.9 Å². The average molecular weight is 366 g/mol. The Labute approximate surface area is 144 Å². The van der Waals surface area contributed by atoms with E-state index in [1.807, 2.05) is 0 Å². The van der Waals surface area contributed by atoms with Crippen LogP contribution in [0.5, 0.6) is 0 Å². The van der Waals surface area contributed by atoms with Crippen LogP contribution in [0.4, 0.5) is 14.5 Å². The van der Waals surface area contributed by atoms with Gasteiger partial charge in [-0.3, -0.25) is 4.79 Å². The standard InChI is InChI=1S/C17H16F2N2O3S/c18-13-7-14(19)9-16(8-13)25(23,24)20-10-11-1-5-15(6-2-11)21-17(22)12-3-4-12/h1-2,5-9,12,20H,3-4,10H2,(H,21,22). The van der Waals surface area contributed by atoms with Crippen molar-refractivity contribution in [2.75, 3.05) is 5.32 Å². The number of amides is 1. The molecule has 8 heteroatoms. The lowest BCUT2D eigenvalue weighted by Gasteiger charge is -2.09. The second-order valence-electron chi connectivity index (χ2n) is 5.89. The van der Waals surface area contributed by atoms with E-state index >= 15 is 0 Å². The van der Waals surface area contributed by atoms with Gasteiger partial charge in [0.15, 0.2) is 0 Å². The molecule has 25 heavy (non-hydrogen) atoms. The van der Waals surface area contributed by atoms with Crippen molar-refractivity contribution in [2.24, 2.45) is 5.92 Å². The third-order valence-electron chi connectivity index (χ3n) is 3.78. The van der Waals surface area contributed by atoms with Crippen LogP contribution < -0.4 is 10.0 Å². The van der Waals surface area contributed by atoms with Gasteiger partial charge >= 0.3 is 0 Å². The normalized spacial score (nSPS) is 14.3. The summed E-state index contributed by atoms with van der Waals surface area (Å²) in [5, 5.41) is 2.78. The van der Waals surface area contributed by atoms with Crippen molar-refractivity contribution in [1.82, 2.24) is 4.72 Å². The average Bonchev–Trinajstić information content (AvgIpc) is 3.38. The topological polar surface area (TPSA) is 75.3 Å². The first-order valence-corrected chi connectivity index (χ1v) is 9.17. The molecule has 0 radical (unpaired) electrons. The Kier molecular flexibility index (Phi) is 4.82. The van der Waals surface area contributed by atoms with E-state index in [0.717, 1.165) is 25.0 Å². The number of nitrogens with one attached hydrogen (secondary N) is 2. The number of rotatable bonds is 6. The predicted octanol–water partition coefficient (Wildman–Crippen LogP) is 2.79. The minimum atomic E-state index is -4.04. The number of anilines is 1. The Morgan fingerprint density at radius 2 is 1.64 bits per heavy atom. The highest BCUT2D eigenvalue weighted by atomic mass is 32.2. The van der Waals surface area contributed by atoms with E-state index in [4.69, 9.17) is 0 Å². The fourth-order valence-electron chi connectivity index (χ4n) is 2.24. The molecule has 0 heterocycles. The van der Waals surface area contributed by atoms with Crippen LogP contribution in [0.3, 0.4) is 0 Å². The number of hydrogen-bond donors (Lipinski definition) is 2. The molecular weight excluding hydrogens is 350 g/mol. The fraction of sp³-hybridized carbons (Fsp3) is 0.235. The molecule has 2 N–H and O–H groups in total. The molecule has 0 spiro atoms. The van der Waals surface area contributed by atoms with Crippen LogP contribution in [0.15, 0.2) is 47.4 Å². The lowest BCUT2D eigenvalue weighted by atomic mass is 10.2. The number of halogens is 2. The molecule has 1 aliphatic carbocycles. The van der Waals surface area contributed by atoms with Gasteiger partial charge in [0.05, 0.1) is 4.90 Å². The van der Waals surface area contributed by atoms with Gasteiger partial charge in [0.25, 0.3) is 0 Å². The first-order valence-electron chi connectivity index (χ1n) is 7.69. The molecule has 0 atom stereocenters. The van der Waals surface area contributed by atoms with Crippen LogP contribution in [0.1, 0.15) is 18.4 Å². The van der Waals surface area contributed by atoms with Crippen molar-refractivity contribution in [1.29, 1.82) is 0 Å². The second kappa shape index (κ2) is 6.89. The zero-order chi connectivity index (χ0) is 18.0. The highest BCUT2D eigenvalue weighted by molar-refractivity contribution is 7.89. The summed E-state index contributed by atoms with van der Waals surface area (Å²) < 4.78 is 52.8. The van der Waals surface area contributed by atoms with Crippen molar-refractivity contribution >= 4 is 21.6 Å². The van der Waals surface area contributed by atoms with Crippen molar-refractivity contribution in [3.63, 3.8) is 0 Å². The van der Waals surface area contributed by atoms with E-state index in [0.29, 0.717) is 17.3 Å². The highest BCUT2D eigenvalue weighted by Gasteiger charge is 2.29. The van der Waals surface area contributed by atoms with Crippen LogP contribution in [-0.2, 0) is 21.4 Å². The van der Waals surface area contributed by atoms with E-state index in [9.17, 15) is 22.0 Å². The van der Waals surface area contributed by atoms with E-state index in [2.05, 4.69) is 10.0 Å². The number of sulfonamides is 1. The Morgan fingerprint density at radius 3 is 2.20 bits per heavy atom. The first kappa shape index (κ1) is 17.5. The summed E-state index contributed by atoms with van der Waals surface area (Å²) in [4.78, 5) is 11.2. The maximum Gasteiger partial charge on any atom is 0.241 e. The third-order valence-corrected chi connectivity index (χ3v) is 5.16. The summed E-state index contributed by atoms with van der Waals surface area (Å²) in [5.41, 5.74) is 1.28. The fourth-order valence-corrected chi connectivity index (χ4v) is 3.30. The lowest BCUT2D eigenvalue weighted by molar-refractivity contribution is -0.117. The van der Waals surface area contributed by atoms with E-state index in [1.165, 1.54) is 0 Å². The zero-order valence-electron chi connectivity index (χ0n) is 13.1. The lowest BCUT2D eigenvalue weighted by Crippen LogP contribution is -2.23. The maximum atomic E-state index is 13.2. The molecule has 132 valence electrons. The van der Waals surface area contributed by atoms with Gasteiger partial charge in [0.1, 0.15) is 11.6 Å². The smallest absolute Gasteiger partial charge is 0.241 e. The van der Waals surface area contributed by atoms with E-state index in [1.54, 1.807) is 24.3 Å². The van der Waals surface area contributed by atoms with Crippen molar-refractivity contribution < 1.29 is 22.0 Å². The number of carbonyl (C=O) groups is 1. The van der Waals surface area contributed by atoms with Gasteiger partial charge in [-0.2, -0.15) is 0 Å². The van der Waals surface area contributed by atoms with Gasteiger partial charge < -0.3 is 5.32 Å². The van der Waals surface area contributed by atoms with Crippen LogP contribution in [-0.4, -0.2) is 14.3 Å². The summed E-state index contributed by atoms with van der Waals surface area (Å²) in [6.45, 7) is -0.0443. The van der Waals surface area contributed by atoms with E-state index < -0.39 is 26.6 Å². The van der Waals surface area contributed by atoms with E-state index in [-0.39, 0.29) is 18.4 Å². The van der Waals surface area contributed by atoms with Gasteiger partial charge in [-0.05, 0) is 42.7 Å². The molecular formula is C17H16F2N2O3S. The second-order valence-corrected chi connectivity index (χ2v) is 7.66. The van der Waals surface area contributed by atoms with Crippen molar-refractivity contribution in [3.8, 4) is 0 Å². The molecule has 5 nitrogen and oxygen atoms in total. The Morgan fingerprint density at radius 1 is 1.04 bits per heavy atom. The summed E-state index contributed by atoms with van der Waals surface area (Å²) in [5.74, 6) is -1.84. The summed E-state index contributed by atoms with van der Waals surface area (Å²) in [7, 11) is -4.04. The Balaban J connectivity index is 1.63. The molecule has 1 amide bonds.